The van der Waals surface area contributed by atoms with E-state index in [9.17, 15) is 9.59 Å². The first-order chi connectivity index (χ1) is 13.5. The summed E-state index contributed by atoms with van der Waals surface area (Å²) in [5.41, 5.74) is 2.37. The number of methoxy groups -OCH3 is 2. The molecular weight excluding hydrogens is 378 g/mol. The lowest BCUT2D eigenvalue weighted by Crippen LogP contribution is -2.28. The van der Waals surface area contributed by atoms with Crippen molar-refractivity contribution in [2.24, 2.45) is 4.99 Å². The molecule has 3 rings (SSSR count). The summed E-state index contributed by atoms with van der Waals surface area (Å²) in [5, 5.41) is 5.45. The Morgan fingerprint density at radius 3 is 2.61 bits per heavy atom. The molecule has 0 bridgehead atoms. The summed E-state index contributed by atoms with van der Waals surface area (Å²) in [6.07, 6.45) is 0.0176. The van der Waals surface area contributed by atoms with Crippen LogP contribution in [0.2, 0.25) is 0 Å². The lowest BCUT2D eigenvalue weighted by molar-refractivity contribution is -0.122. The fourth-order valence-electron chi connectivity index (χ4n) is 2.61. The number of thioether (sulfide) groups is 1. The lowest BCUT2D eigenvalue weighted by atomic mass is 10.2. The summed E-state index contributed by atoms with van der Waals surface area (Å²) in [4.78, 5) is 29.1. The van der Waals surface area contributed by atoms with Crippen LogP contribution in [0.25, 0.3) is 0 Å². The molecular formula is C20H21N3O4S. The number of carbonyl (C=O) groups is 2. The second-order valence-electron chi connectivity index (χ2n) is 6.17. The molecule has 8 heteroatoms. The zero-order chi connectivity index (χ0) is 20.1. The van der Waals surface area contributed by atoms with Gasteiger partial charge in [-0.1, -0.05) is 29.5 Å². The molecule has 28 heavy (non-hydrogen) atoms. The first-order valence-corrected chi connectivity index (χ1v) is 9.51. The number of aryl methyl sites for hydroxylation is 1. The molecule has 1 aliphatic rings. The molecule has 1 fully saturated rings. The van der Waals surface area contributed by atoms with Gasteiger partial charge in [0.15, 0.2) is 5.17 Å². The molecule has 2 aromatic carbocycles. The second-order valence-corrected chi connectivity index (χ2v) is 7.36. The largest absolute Gasteiger partial charge is 0.497 e. The van der Waals surface area contributed by atoms with Crippen LogP contribution in [0.5, 0.6) is 11.5 Å². The fourth-order valence-corrected chi connectivity index (χ4v) is 3.60. The van der Waals surface area contributed by atoms with Gasteiger partial charge in [0.05, 0.1) is 25.6 Å². The van der Waals surface area contributed by atoms with E-state index in [0.717, 1.165) is 11.3 Å². The topological polar surface area (TPSA) is 89.0 Å². The molecule has 1 saturated heterocycles. The van der Waals surface area contributed by atoms with Gasteiger partial charge < -0.3 is 20.1 Å². The van der Waals surface area contributed by atoms with Crippen molar-refractivity contribution < 1.29 is 19.1 Å². The lowest BCUT2D eigenvalue weighted by Gasteiger charge is -2.12. The minimum absolute atomic E-state index is 0.0176. The third-order valence-corrected chi connectivity index (χ3v) is 5.17. The van der Waals surface area contributed by atoms with Crippen molar-refractivity contribution in [2.45, 2.75) is 18.6 Å². The van der Waals surface area contributed by atoms with Crippen LogP contribution < -0.4 is 20.1 Å². The maximum Gasteiger partial charge on any atom is 0.240 e. The van der Waals surface area contributed by atoms with Crippen LogP contribution in [0.15, 0.2) is 47.5 Å². The highest BCUT2D eigenvalue weighted by Gasteiger charge is 2.32. The number of rotatable bonds is 6. The van der Waals surface area contributed by atoms with E-state index in [1.54, 1.807) is 25.3 Å². The van der Waals surface area contributed by atoms with E-state index >= 15 is 0 Å². The van der Waals surface area contributed by atoms with Gasteiger partial charge in [0.1, 0.15) is 16.7 Å². The summed E-state index contributed by atoms with van der Waals surface area (Å²) in [6.45, 7) is 2.00. The molecule has 1 atom stereocenters. The van der Waals surface area contributed by atoms with Gasteiger partial charge >= 0.3 is 0 Å². The van der Waals surface area contributed by atoms with Crippen molar-refractivity contribution >= 4 is 40.1 Å². The monoisotopic (exact) mass is 399 g/mol. The molecule has 2 aromatic rings. The number of benzene rings is 2. The molecule has 146 valence electrons. The van der Waals surface area contributed by atoms with Crippen molar-refractivity contribution in [3.8, 4) is 11.5 Å². The van der Waals surface area contributed by atoms with Gasteiger partial charge in [-0.05, 0) is 31.2 Å². The van der Waals surface area contributed by atoms with Crippen LogP contribution in [0.3, 0.4) is 0 Å². The van der Waals surface area contributed by atoms with Crippen LogP contribution in [0, 0.1) is 6.92 Å². The fraction of sp³-hybridized carbons (Fsp3) is 0.250. The van der Waals surface area contributed by atoms with Gasteiger partial charge in [-0.3, -0.25) is 9.59 Å². The Balaban J connectivity index is 1.64. The van der Waals surface area contributed by atoms with Gasteiger partial charge in [0, 0.05) is 12.5 Å². The SMILES string of the molecule is COc1ccc(OC)c(NC(=O)C[C@H]2SC(=Nc3ccc(C)cc3)NC2=O)c1. The molecule has 7 nitrogen and oxygen atoms in total. The number of hydrogen-bond acceptors (Lipinski definition) is 6. The van der Waals surface area contributed by atoms with Crippen LogP contribution in [0.1, 0.15) is 12.0 Å². The normalized spacial score (nSPS) is 17.3. The van der Waals surface area contributed by atoms with Crippen molar-refractivity contribution in [3.63, 3.8) is 0 Å². The predicted octanol–water partition coefficient (Wildman–Crippen LogP) is 3.26. The Kier molecular flexibility index (Phi) is 6.20. The Labute approximate surface area is 167 Å². The highest BCUT2D eigenvalue weighted by molar-refractivity contribution is 8.15. The minimum Gasteiger partial charge on any atom is -0.497 e. The Morgan fingerprint density at radius 1 is 1.18 bits per heavy atom. The Morgan fingerprint density at radius 2 is 1.93 bits per heavy atom. The van der Waals surface area contributed by atoms with E-state index in [1.807, 2.05) is 31.2 Å². The second kappa shape index (κ2) is 8.79. The molecule has 0 spiro atoms. The zero-order valence-electron chi connectivity index (χ0n) is 15.8. The minimum atomic E-state index is -0.541. The number of anilines is 1. The molecule has 0 aliphatic carbocycles. The van der Waals surface area contributed by atoms with Gasteiger partial charge in [-0.15, -0.1) is 0 Å². The number of nitrogens with zero attached hydrogens (tertiary/aromatic N) is 1. The van der Waals surface area contributed by atoms with Crippen molar-refractivity contribution in [3.05, 3.63) is 48.0 Å². The molecule has 1 heterocycles. The van der Waals surface area contributed by atoms with Crippen LogP contribution in [-0.2, 0) is 9.59 Å². The van der Waals surface area contributed by atoms with E-state index < -0.39 is 5.25 Å². The first kappa shape index (κ1) is 19.8. The maximum absolute atomic E-state index is 12.4. The number of amidine groups is 1. The smallest absolute Gasteiger partial charge is 0.240 e. The molecule has 0 aromatic heterocycles. The Hall–Kier alpha value is -3.00. The van der Waals surface area contributed by atoms with Crippen molar-refractivity contribution in [1.29, 1.82) is 0 Å². The van der Waals surface area contributed by atoms with E-state index in [-0.39, 0.29) is 18.2 Å². The summed E-state index contributed by atoms with van der Waals surface area (Å²) < 4.78 is 10.4. The average molecular weight is 399 g/mol. The molecule has 1 aliphatic heterocycles. The molecule has 0 radical (unpaired) electrons. The number of nitrogens with one attached hydrogen (secondary N) is 2. The highest BCUT2D eigenvalue weighted by atomic mass is 32.2. The average Bonchev–Trinajstić information content (AvgIpc) is 3.02. The summed E-state index contributed by atoms with van der Waals surface area (Å²) >= 11 is 1.25. The number of hydrogen-bond donors (Lipinski definition) is 2. The third-order valence-electron chi connectivity index (χ3n) is 4.09. The quantitative estimate of drug-likeness (QED) is 0.778. The van der Waals surface area contributed by atoms with Crippen LogP contribution >= 0.6 is 11.8 Å². The van der Waals surface area contributed by atoms with Crippen molar-refractivity contribution in [2.75, 3.05) is 19.5 Å². The maximum atomic E-state index is 12.4. The molecule has 2 N–H and O–H groups in total. The predicted molar refractivity (Wildman–Crippen MR) is 111 cm³/mol. The van der Waals surface area contributed by atoms with Crippen LogP contribution in [0.4, 0.5) is 11.4 Å². The van der Waals surface area contributed by atoms with E-state index in [2.05, 4.69) is 15.6 Å². The third kappa shape index (κ3) is 4.83. The number of ether oxygens (including phenoxy) is 2. The molecule has 0 unspecified atom stereocenters. The molecule has 2 amide bonds. The zero-order valence-corrected chi connectivity index (χ0v) is 16.6. The van der Waals surface area contributed by atoms with Crippen LogP contribution in [-0.4, -0.2) is 36.5 Å². The van der Waals surface area contributed by atoms with Crippen molar-refractivity contribution in [1.82, 2.24) is 5.32 Å². The summed E-state index contributed by atoms with van der Waals surface area (Å²) in [7, 11) is 3.06. The van der Waals surface area contributed by atoms with E-state index in [1.165, 1.54) is 18.9 Å². The highest BCUT2D eigenvalue weighted by Crippen LogP contribution is 2.30. The molecule has 0 saturated carbocycles. The van der Waals surface area contributed by atoms with Gasteiger partial charge in [-0.2, -0.15) is 0 Å². The standard InChI is InChI=1S/C20H21N3O4S/c1-12-4-6-13(7-5-12)21-20-23-19(25)17(28-20)11-18(24)22-15-10-14(26-2)8-9-16(15)27-3/h4-10,17H,11H2,1-3H3,(H,22,24)(H,21,23,25)/t17-/m1/s1. The number of aliphatic imine (C=N–C) groups is 1. The number of carbonyl (C=O) groups excluding carboxylic acids is 2. The first-order valence-electron chi connectivity index (χ1n) is 8.63. The van der Waals surface area contributed by atoms with Gasteiger partial charge in [0.25, 0.3) is 0 Å². The summed E-state index contributed by atoms with van der Waals surface area (Å²) in [5.74, 6) is 0.579. The van der Waals surface area contributed by atoms with E-state index in [4.69, 9.17) is 9.47 Å². The van der Waals surface area contributed by atoms with Gasteiger partial charge in [0.2, 0.25) is 11.8 Å². The van der Waals surface area contributed by atoms with Gasteiger partial charge in [-0.25, -0.2) is 4.99 Å². The Bertz CT molecular complexity index is 912. The van der Waals surface area contributed by atoms with E-state index in [0.29, 0.717) is 22.4 Å². The summed E-state index contributed by atoms with van der Waals surface area (Å²) in [6, 6.07) is 12.8. The number of amides is 2.